The summed E-state index contributed by atoms with van der Waals surface area (Å²) in [6.07, 6.45) is 3.24. The summed E-state index contributed by atoms with van der Waals surface area (Å²) in [7, 11) is 0. The van der Waals surface area contributed by atoms with Crippen molar-refractivity contribution in [3.05, 3.63) is 59.5 Å². The molecule has 0 saturated carbocycles. The molecule has 6 heteroatoms. The van der Waals surface area contributed by atoms with Gasteiger partial charge in [-0.2, -0.15) is 4.98 Å². The molecule has 0 aliphatic rings. The maximum Gasteiger partial charge on any atom is 0.225 e. The van der Waals surface area contributed by atoms with Gasteiger partial charge < -0.3 is 4.74 Å². The van der Waals surface area contributed by atoms with Gasteiger partial charge in [0.1, 0.15) is 10.7 Å². The number of nitrogens with zero attached hydrogens (tertiary/aromatic N) is 3. The molecule has 0 aliphatic heterocycles. The molecule has 0 saturated heterocycles. The third kappa shape index (κ3) is 3.09. The second-order valence-electron chi connectivity index (χ2n) is 4.02. The third-order valence-electron chi connectivity index (χ3n) is 2.63. The van der Waals surface area contributed by atoms with E-state index in [1.807, 2.05) is 30.3 Å². The molecule has 0 atom stereocenters. The molecule has 2 heterocycles. The van der Waals surface area contributed by atoms with Crippen LogP contribution in [0.4, 0.5) is 0 Å². The number of halogens is 1. The lowest BCUT2D eigenvalue weighted by molar-refractivity contribution is 0.475. The lowest BCUT2D eigenvalue weighted by Gasteiger charge is -2.04. The van der Waals surface area contributed by atoms with E-state index in [2.05, 4.69) is 21.5 Å². The molecule has 0 N–H and O–H groups in total. The van der Waals surface area contributed by atoms with Gasteiger partial charge in [-0.3, -0.25) is 0 Å². The number of hydrogen-bond acceptors (Lipinski definition) is 5. The Balaban J connectivity index is 2.01. The third-order valence-corrected chi connectivity index (χ3v) is 3.74. The monoisotopic (exact) mass is 315 g/mol. The number of hydrogen-bond donors (Lipinski definition) is 0. The van der Waals surface area contributed by atoms with Crippen LogP contribution in [-0.2, 0) is 0 Å². The molecular formula is C15H10ClN3OS. The molecule has 0 amide bonds. The van der Waals surface area contributed by atoms with Crippen molar-refractivity contribution in [3.8, 4) is 22.2 Å². The van der Waals surface area contributed by atoms with Gasteiger partial charge in [0, 0.05) is 17.8 Å². The first-order chi connectivity index (χ1) is 10.3. The van der Waals surface area contributed by atoms with Crippen LogP contribution in [0.15, 0.2) is 49.2 Å². The molecule has 21 heavy (non-hydrogen) atoms. The van der Waals surface area contributed by atoms with Gasteiger partial charge in [0.15, 0.2) is 0 Å². The minimum Gasteiger partial charge on any atom is -0.426 e. The molecule has 0 spiro atoms. The Hall–Kier alpha value is -2.24. The maximum atomic E-state index is 5.80. The molecule has 3 aromatic rings. The summed E-state index contributed by atoms with van der Waals surface area (Å²) in [5.74, 6) is 0.381. The number of aromatic nitrogens is 3. The van der Waals surface area contributed by atoms with Crippen molar-refractivity contribution in [1.82, 2.24) is 15.0 Å². The summed E-state index contributed by atoms with van der Waals surface area (Å²) in [5, 5.41) is 1.57. The lowest BCUT2D eigenvalue weighted by atomic mass is 10.2. The summed E-state index contributed by atoms with van der Waals surface area (Å²) in [4.78, 5) is 12.4. The van der Waals surface area contributed by atoms with Crippen molar-refractivity contribution in [3.63, 3.8) is 0 Å². The van der Waals surface area contributed by atoms with Gasteiger partial charge in [0.05, 0.1) is 0 Å². The standard InChI is InChI=1S/C15H10ClN3OS/c1-2-12-19-13(10-6-4-3-5-7-10)14(21-12)20-11-8-9-17-15(16)18-11/h2-9H,1H2. The summed E-state index contributed by atoms with van der Waals surface area (Å²) < 4.78 is 5.80. The topological polar surface area (TPSA) is 47.9 Å². The molecule has 0 radical (unpaired) electrons. The molecule has 2 aromatic heterocycles. The predicted molar refractivity (Wildman–Crippen MR) is 84.8 cm³/mol. The van der Waals surface area contributed by atoms with Crippen LogP contribution >= 0.6 is 22.9 Å². The summed E-state index contributed by atoms with van der Waals surface area (Å²) in [5.41, 5.74) is 1.72. The Morgan fingerprint density at radius 1 is 1.14 bits per heavy atom. The van der Waals surface area contributed by atoms with E-state index in [9.17, 15) is 0 Å². The molecule has 1 aromatic carbocycles. The lowest BCUT2D eigenvalue weighted by Crippen LogP contribution is -1.89. The van der Waals surface area contributed by atoms with Gasteiger partial charge in [0.2, 0.25) is 16.2 Å². The van der Waals surface area contributed by atoms with Crippen molar-refractivity contribution in [2.75, 3.05) is 0 Å². The highest BCUT2D eigenvalue weighted by atomic mass is 35.5. The summed E-state index contributed by atoms with van der Waals surface area (Å²) in [6, 6.07) is 11.5. The molecule has 0 aliphatic carbocycles. The average Bonchev–Trinajstić information content (AvgIpc) is 2.91. The van der Waals surface area contributed by atoms with Gasteiger partial charge in [0.25, 0.3) is 0 Å². The van der Waals surface area contributed by atoms with E-state index in [4.69, 9.17) is 16.3 Å². The molecule has 0 unspecified atom stereocenters. The summed E-state index contributed by atoms with van der Waals surface area (Å²) in [6.45, 7) is 3.75. The van der Waals surface area contributed by atoms with Crippen LogP contribution in [0.2, 0.25) is 5.28 Å². The molecule has 104 valence electrons. The Bertz CT molecular complexity index is 774. The van der Waals surface area contributed by atoms with E-state index in [0.29, 0.717) is 10.9 Å². The van der Waals surface area contributed by atoms with E-state index in [1.165, 1.54) is 11.3 Å². The predicted octanol–water partition coefficient (Wildman–Crippen LogP) is 4.69. The van der Waals surface area contributed by atoms with Crippen LogP contribution in [-0.4, -0.2) is 15.0 Å². The van der Waals surface area contributed by atoms with E-state index in [1.54, 1.807) is 18.3 Å². The molecule has 3 rings (SSSR count). The SMILES string of the molecule is C=Cc1nc(-c2ccccc2)c(Oc2ccnc(Cl)n2)s1. The van der Waals surface area contributed by atoms with Crippen molar-refractivity contribution in [2.45, 2.75) is 0 Å². The van der Waals surface area contributed by atoms with Crippen molar-refractivity contribution in [2.24, 2.45) is 0 Å². The second kappa shape index (κ2) is 6.03. The number of thiazole rings is 1. The van der Waals surface area contributed by atoms with Crippen LogP contribution < -0.4 is 4.74 Å². The largest absolute Gasteiger partial charge is 0.426 e. The zero-order valence-corrected chi connectivity index (χ0v) is 12.4. The van der Waals surface area contributed by atoms with Crippen LogP contribution in [0.5, 0.6) is 10.9 Å². The Morgan fingerprint density at radius 2 is 1.95 bits per heavy atom. The molecular weight excluding hydrogens is 306 g/mol. The molecule has 0 bridgehead atoms. The van der Waals surface area contributed by atoms with E-state index in [0.717, 1.165) is 16.3 Å². The van der Waals surface area contributed by atoms with Crippen molar-refractivity contribution < 1.29 is 4.74 Å². The highest BCUT2D eigenvalue weighted by Crippen LogP contribution is 2.38. The second-order valence-corrected chi connectivity index (χ2v) is 5.36. The Labute approximate surface area is 130 Å². The highest BCUT2D eigenvalue weighted by Gasteiger charge is 2.14. The van der Waals surface area contributed by atoms with Gasteiger partial charge >= 0.3 is 0 Å². The fraction of sp³-hybridized carbons (Fsp3) is 0. The number of rotatable bonds is 4. The zero-order chi connectivity index (χ0) is 14.7. The average molecular weight is 316 g/mol. The number of benzene rings is 1. The van der Waals surface area contributed by atoms with Crippen molar-refractivity contribution in [1.29, 1.82) is 0 Å². The van der Waals surface area contributed by atoms with Crippen LogP contribution in [0.25, 0.3) is 17.3 Å². The molecule has 4 nitrogen and oxygen atoms in total. The Kier molecular flexibility index (Phi) is 3.94. The first-order valence-electron chi connectivity index (χ1n) is 6.11. The smallest absolute Gasteiger partial charge is 0.225 e. The van der Waals surface area contributed by atoms with E-state index < -0.39 is 0 Å². The Morgan fingerprint density at radius 3 is 2.67 bits per heavy atom. The first-order valence-corrected chi connectivity index (χ1v) is 7.31. The fourth-order valence-corrected chi connectivity index (χ4v) is 2.67. The maximum absolute atomic E-state index is 5.80. The summed E-state index contributed by atoms with van der Waals surface area (Å²) >= 11 is 7.17. The van der Waals surface area contributed by atoms with Gasteiger partial charge in [-0.05, 0) is 17.7 Å². The van der Waals surface area contributed by atoms with Gasteiger partial charge in [-0.15, -0.1) is 0 Å². The normalized spacial score (nSPS) is 10.3. The van der Waals surface area contributed by atoms with Gasteiger partial charge in [-0.1, -0.05) is 48.2 Å². The quantitative estimate of drug-likeness (QED) is 0.655. The van der Waals surface area contributed by atoms with Crippen LogP contribution in [0, 0.1) is 0 Å². The van der Waals surface area contributed by atoms with E-state index >= 15 is 0 Å². The van der Waals surface area contributed by atoms with E-state index in [-0.39, 0.29) is 5.28 Å². The fourth-order valence-electron chi connectivity index (χ4n) is 1.73. The first kappa shape index (κ1) is 13.7. The highest BCUT2D eigenvalue weighted by molar-refractivity contribution is 7.14. The minimum atomic E-state index is 0.141. The van der Waals surface area contributed by atoms with Crippen LogP contribution in [0.3, 0.4) is 0 Å². The minimum absolute atomic E-state index is 0.141. The zero-order valence-electron chi connectivity index (χ0n) is 10.9. The van der Waals surface area contributed by atoms with Crippen LogP contribution in [0.1, 0.15) is 5.01 Å². The van der Waals surface area contributed by atoms with Crippen molar-refractivity contribution >= 4 is 29.0 Å². The number of ether oxygens (including phenoxy) is 1. The molecule has 0 fully saturated rings. The van der Waals surface area contributed by atoms with Gasteiger partial charge in [-0.25, -0.2) is 9.97 Å².